The normalized spacial score (nSPS) is 21.2. The molecule has 5 rings (SSSR count). The minimum absolute atomic E-state index is 0.348. The van der Waals surface area contributed by atoms with Gasteiger partial charge >= 0.3 is 0 Å². The van der Waals surface area contributed by atoms with Gasteiger partial charge in [0.25, 0.3) is 10.2 Å². The zero-order valence-corrected chi connectivity index (χ0v) is 30.3. The molecule has 1 aliphatic carbocycles. The van der Waals surface area contributed by atoms with E-state index in [0.29, 0.717) is 45.0 Å². The van der Waals surface area contributed by atoms with Crippen LogP contribution in [-0.4, -0.2) is 119 Å². The van der Waals surface area contributed by atoms with E-state index in [9.17, 15) is 12.8 Å². The number of ether oxygens (including phenoxy) is 1. The van der Waals surface area contributed by atoms with Crippen LogP contribution < -0.4 is 14.5 Å². The van der Waals surface area contributed by atoms with E-state index in [4.69, 9.17) is 4.74 Å². The fraction of sp³-hybridized carbons (Fsp3) is 0.657. The molecular weight excluding hydrogens is 636 g/mol. The number of hydrogen-bond donors (Lipinski definition) is 0. The first-order valence-electron chi connectivity index (χ1n) is 17.5. The largest absolute Gasteiger partial charge is 0.494 e. The number of nitrogens with zero attached hydrogens (tertiary/aromatic N) is 6. The summed E-state index contributed by atoms with van der Waals surface area (Å²) in [6.45, 7) is 7.78. The van der Waals surface area contributed by atoms with Gasteiger partial charge in [0.05, 0.1) is 12.8 Å². The minimum atomic E-state index is -3.64. The fourth-order valence-electron chi connectivity index (χ4n) is 7.13. The third-order valence-electron chi connectivity index (χ3n) is 9.78. The number of rotatable bonds is 9. The second-order valence-corrected chi connectivity index (χ2v) is 16.5. The molecule has 262 valence electrons. The lowest BCUT2D eigenvalue weighted by Crippen LogP contribution is -2.53. The first kappa shape index (κ1) is 36.2. The molecule has 2 aromatic rings. The smallest absolute Gasteiger partial charge is 0.282 e. The van der Waals surface area contributed by atoms with Gasteiger partial charge < -0.3 is 19.4 Å². The van der Waals surface area contributed by atoms with E-state index in [1.54, 1.807) is 26.6 Å². The van der Waals surface area contributed by atoms with E-state index >= 15 is 0 Å². The average Bonchev–Trinajstić information content (AvgIpc) is 3.07. The lowest BCUT2D eigenvalue weighted by atomic mass is 9.89. The van der Waals surface area contributed by atoms with Crippen molar-refractivity contribution in [2.24, 2.45) is 5.92 Å². The summed E-state index contributed by atoms with van der Waals surface area (Å²) >= 11 is 1.79. The molecule has 9 nitrogen and oxygen atoms in total. The summed E-state index contributed by atoms with van der Waals surface area (Å²) in [4.78, 5) is 8.03. The van der Waals surface area contributed by atoms with Crippen molar-refractivity contribution < 1.29 is 17.5 Å². The molecule has 2 heterocycles. The van der Waals surface area contributed by atoms with E-state index < -0.39 is 10.2 Å². The predicted octanol–water partition coefficient (Wildman–Crippen LogP) is 5.64. The Morgan fingerprint density at radius 2 is 1.40 bits per heavy atom. The summed E-state index contributed by atoms with van der Waals surface area (Å²) in [7, 11) is 2.01. The Morgan fingerprint density at radius 1 is 0.787 bits per heavy atom. The fourth-order valence-corrected chi connectivity index (χ4v) is 9.80. The van der Waals surface area contributed by atoms with Crippen LogP contribution >= 0.6 is 11.9 Å². The number of piperazine rings is 1. The molecule has 0 amide bonds. The van der Waals surface area contributed by atoms with E-state index in [1.165, 1.54) is 61.9 Å². The van der Waals surface area contributed by atoms with Crippen molar-refractivity contribution in [1.82, 2.24) is 17.8 Å². The van der Waals surface area contributed by atoms with Crippen LogP contribution in [0.5, 0.6) is 5.75 Å². The molecular formula is C35H55FN6O3S2. The summed E-state index contributed by atoms with van der Waals surface area (Å²) < 4.78 is 53.3. The molecule has 0 N–H and O–H groups in total. The van der Waals surface area contributed by atoms with Crippen LogP contribution in [0.15, 0.2) is 47.4 Å². The molecule has 0 bridgehead atoms. The summed E-state index contributed by atoms with van der Waals surface area (Å²) in [6, 6.07) is 13.2. The highest BCUT2D eigenvalue weighted by Gasteiger charge is 2.33. The molecule has 2 aromatic carbocycles. The number of benzene rings is 2. The maximum absolute atomic E-state index is 14.1. The van der Waals surface area contributed by atoms with Gasteiger partial charge in [0.15, 0.2) is 0 Å². The second kappa shape index (κ2) is 17.5. The summed E-state index contributed by atoms with van der Waals surface area (Å²) in [5.41, 5.74) is 1.98. The predicted molar refractivity (Wildman–Crippen MR) is 192 cm³/mol. The molecule has 0 aromatic heterocycles. The van der Waals surface area contributed by atoms with Gasteiger partial charge in [0.1, 0.15) is 11.6 Å². The highest BCUT2D eigenvalue weighted by atomic mass is 32.2. The number of methoxy groups -OCH3 is 1. The van der Waals surface area contributed by atoms with Gasteiger partial charge in [0, 0.05) is 89.6 Å². The van der Waals surface area contributed by atoms with Gasteiger partial charge in [-0.15, -0.1) is 0 Å². The highest BCUT2D eigenvalue weighted by molar-refractivity contribution is 7.97. The van der Waals surface area contributed by atoms with Crippen molar-refractivity contribution in [2.75, 3.05) is 103 Å². The van der Waals surface area contributed by atoms with E-state index in [-0.39, 0.29) is 5.82 Å². The van der Waals surface area contributed by atoms with Crippen LogP contribution in [0.2, 0.25) is 0 Å². The number of hydrogen-bond acceptors (Lipinski definition) is 8. The average molecular weight is 691 g/mol. The summed E-state index contributed by atoms with van der Waals surface area (Å²) in [6.07, 6.45) is 9.40. The molecule has 0 radical (unpaired) electrons. The lowest BCUT2D eigenvalue weighted by Gasteiger charge is -2.38. The van der Waals surface area contributed by atoms with Gasteiger partial charge in [-0.2, -0.15) is 17.0 Å². The first-order chi connectivity index (χ1) is 22.7. The van der Waals surface area contributed by atoms with E-state index in [0.717, 1.165) is 63.6 Å². The maximum atomic E-state index is 14.1. The maximum Gasteiger partial charge on any atom is 0.282 e. The Hall–Kier alpha value is -2.09. The Labute approximate surface area is 287 Å². The Morgan fingerprint density at radius 3 is 2.04 bits per heavy atom. The van der Waals surface area contributed by atoms with Crippen molar-refractivity contribution in [2.45, 2.75) is 56.3 Å². The zero-order chi connectivity index (χ0) is 33.2. The van der Waals surface area contributed by atoms with Gasteiger partial charge in [0.2, 0.25) is 0 Å². The molecule has 2 saturated heterocycles. The van der Waals surface area contributed by atoms with Crippen molar-refractivity contribution in [1.29, 1.82) is 0 Å². The first-order valence-corrected chi connectivity index (χ1v) is 19.7. The number of anilines is 2. The number of halogens is 1. The molecule has 0 spiro atoms. The summed E-state index contributed by atoms with van der Waals surface area (Å²) in [5, 5.41) is 0. The monoisotopic (exact) mass is 690 g/mol. The topological polar surface area (TPSA) is 62.8 Å². The molecule has 2 aliphatic heterocycles. The molecule has 3 fully saturated rings. The molecule has 12 heteroatoms. The van der Waals surface area contributed by atoms with Gasteiger partial charge in [-0.1, -0.05) is 19.3 Å². The Bertz CT molecular complexity index is 1350. The third kappa shape index (κ3) is 10.2. The van der Waals surface area contributed by atoms with Crippen LogP contribution in [0.25, 0.3) is 0 Å². The van der Waals surface area contributed by atoms with Crippen molar-refractivity contribution in [3.05, 3.63) is 48.3 Å². The van der Waals surface area contributed by atoms with Crippen LogP contribution in [0, 0.1) is 11.7 Å². The second-order valence-electron chi connectivity index (χ2n) is 13.4. The molecule has 0 atom stereocenters. The molecule has 0 unspecified atom stereocenters. The van der Waals surface area contributed by atoms with E-state index in [1.807, 2.05) is 0 Å². The van der Waals surface area contributed by atoms with Crippen LogP contribution in [0.4, 0.5) is 15.8 Å². The van der Waals surface area contributed by atoms with Crippen LogP contribution in [0.3, 0.4) is 0 Å². The molecule has 47 heavy (non-hydrogen) atoms. The SMILES string of the molecule is COc1cc(F)ccc1N1CCN(S(=O)(=O)N2CCCN(CC3CCCCC3)CCCN(Sc3ccc(N(C)C)cc3)CCC2)CC1. The van der Waals surface area contributed by atoms with Crippen molar-refractivity contribution in [3.63, 3.8) is 0 Å². The molecule has 3 aliphatic rings. The van der Waals surface area contributed by atoms with Crippen molar-refractivity contribution >= 4 is 33.5 Å². The Balaban J connectivity index is 1.26. The highest BCUT2D eigenvalue weighted by Crippen LogP contribution is 2.31. The third-order valence-corrected chi connectivity index (χ3v) is 12.9. The van der Waals surface area contributed by atoms with Gasteiger partial charge in [-0.25, -0.2) is 8.70 Å². The van der Waals surface area contributed by atoms with Crippen molar-refractivity contribution in [3.8, 4) is 5.75 Å². The zero-order valence-electron chi connectivity index (χ0n) is 28.7. The standard InChI is InChI=1S/C35H55FN6O3S2/c1-37(2)32-13-15-33(16-14-32)46-40-20-7-18-38(29-30-10-5-4-6-11-30)19-8-22-41(23-9-21-40)47(43,44)42-26-24-39(25-27-42)34-17-12-31(36)28-35(34)45-3/h12-17,28,30H,4-11,18-27,29H2,1-3H3. The summed E-state index contributed by atoms with van der Waals surface area (Å²) in [5.74, 6) is 0.880. The minimum Gasteiger partial charge on any atom is -0.494 e. The van der Waals surface area contributed by atoms with Crippen LogP contribution in [-0.2, 0) is 10.2 Å². The quantitative estimate of drug-likeness (QED) is 0.314. The lowest BCUT2D eigenvalue weighted by molar-refractivity contribution is 0.185. The Kier molecular flexibility index (Phi) is 13.5. The van der Waals surface area contributed by atoms with Crippen LogP contribution in [0.1, 0.15) is 51.4 Å². The van der Waals surface area contributed by atoms with E-state index in [2.05, 4.69) is 57.4 Å². The molecule has 1 saturated carbocycles. The van der Waals surface area contributed by atoms with Gasteiger partial charge in [-0.05, 0) is 99.5 Å². The van der Waals surface area contributed by atoms with Gasteiger partial charge in [-0.3, -0.25) is 0 Å².